The fourth-order valence-corrected chi connectivity index (χ4v) is 1.86. The molecule has 1 aliphatic carbocycles. The molecule has 0 radical (unpaired) electrons. The summed E-state index contributed by atoms with van der Waals surface area (Å²) in [6.07, 6.45) is 13.9. The Bertz CT molecular complexity index is 185. The highest BCUT2D eigenvalue weighted by molar-refractivity contribution is 5.71. The third-order valence-electron chi connectivity index (χ3n) is 2.77. The van der Waals surface area contributed by atoms with Crippen molar-refractivity contribution in [2.45, 2.75) is 57.9 Å². The lowest BCUT2D eigenvalue weighted by Crippen LogP contribution is -2.24. The predicted octanol–water partition coefficient (Wildman–Crippen LogP) is 3.75. The van der Waals surface area contributed by atoms with Crippen LogP contribution in [0, 0.1) is 0 Å². The number of hydrogen-bond donors (Lipinski definition) is 0. The van der Waals surface area contributed by atoms with E-state index in [0.29, 0.717) is 0 Å². The van der Waals surface area contributed by atoms with Crippen LogP contribution in [0.3, 0.4) is 0 Å². The molecule has 1 rings (SSSR count). The molecule has 0 bridgehead atoms. The largest absolute Gasteiger partial charge is 0.287 e. The van der Waals surface area contributed by atoms with E-state index < -0.39 is 0 Å². The number of nitrogens with zero attached hydrogens (tertiary/aromatic N) is 1. The first kappa shape index (κ1) is 10.5. The topological polar surface area (TPSA) is 12.4 Å². The molecule has 74 valence electrons. The lowest BCUT2D eigenvalue weighted by atomic mass is 9.84. The third-order valence-corrected chi connectivity index (χ3v) is 2.77. The summed E-state index contributed by atoms with van der Waals surface area (Å²) in [6, 6.07) is 0. The summed E-state index contributed by atoms with van der Waals surface area (Å²) in [7, 11) is 0. The highest BCUT2D eigenvalue weighted by Gasteiger charge is 2.24. The Kier molecular flexibility index (Phi) is 4.20. The van der Waals surface area contributed by atoms with E-state index in [-0.39, 0.29) is 5.54 Å². The molecule has 1 fully saturated rings. The second-order valence-electron chi connectivity index (χ2n) is 4.17. The van der Waals surface area contributed by atoms with E-state index in [2.05, 4.69) is 31.0 Å². The minimum atomic E-state index is 0.246. The van der Waals surface area contributed by atoms with Crippen LogP contribution in [0.4, 0.5) is 0 Å². The quantitative estimate of drug-likeness (QED) is 0.585. The van der Waals surface area contributed by atoms with Gasteiger partial charge in [0, 0.05) is 6.21 Å². The second-order valence-corrected chi connectivity index (χ2v) is 4.17. The van der Waals surface area contributed by atoms with Gasteiger partial charge in [-0.25, -0.2) is 0 Å². The van der Waals surface area contributed by atoms with E-state index in [4.69, 9.17) is 0 Å². The molecule has 0 heterocycles. The van der Waals surface area contributed by atoms with E-state index in [1.54, 1.807) is 0 Å². The van der Waals surface area contributed by atoms with Crippen LogP contribution in [0.5, 0.6) is 0 Å². The van der Waals surface area contributed by atoms with Crippen molar-refractivity contribution in [2.24, 2.45) is 4.99 Å². The van der Waals surface area contributed by atoms with E-state index in [1.165, 1.54) is 32.1 Å². The first-order chi connectivity index (χ1) is 6.27. The van der Waals surface area contributed by atoms with Crippen LogP contribution in [0.1, 0.15) is 52.4 Å². The second kappa shape index (κ2) is 5.21. The Morgan fingerprint density at radius 3 is 2.54 bits per heavy atom. The molecule has 1 aliphatic rings. The average molecular weight is 179 g/mol. The average Bonchev–Trinajstić information content (AvgIpc) is 2.14. The standard InChI is InChI=1S/C12H21N/c1-3-4-8-11-13-12(2)9-6-5-7-10-12/h4,8,11H,3,5-7,9-10H2,1-2H3/b8-4-,13-11?. The Morgan fingerprint density at radius 2 is 1.92 bits per heavy atom. The fraction of sp³-hybridized carbons (Fsp3) is 0.750. The molecule has 0 N–H and O–H groups in total. The summed E-state index contributed by atoms with van der Waals surface area (Å²) in [5.74, 6) is 0. The van der Waals surface area contributed by atoms with Crippen molar-refractivity contribution in [1.29, 1.82) is 0 Å². The highest BCUT2D eigenvalue weighted by atomic mass is 14.8. The summed E-state index contributed by atoms with van der Waals surface area (Å²) in [5, 5.41) is 0. The monoisotopic (exact) mass is 179 g/mol. The molecule has 1 nitrogen and oxygen atoms in total. The van der Waals surface area contributed by atoms with Gasteiger partial charge in [-0.05, 0) is 32.3 Å². The summed E-state index contributed by atoms with van der Waals surface area (Å²) in [4.78, 5) is 4.64. The van der Waals surface area contributed by atoms with Crippen molar-refractivity contribution in [3.8, 4) is 0 Å². The molecule has 1 saturated carbocycles. The minimum absolute atomic E-state index is 0.246. The first-order valence-corrected chi connectivity index (χ1v) is 5.47. The molecule has 0 aliphatic heterocycles. The summed E-state index contributed by atoms with van der Waals surface area (Å²) >= 11 is 0. The van der Waals surface area contributed by atoms with Gasteiger partial charge in [-0.1, -0.05) is 32.3 Å². The van der Waals surface area contributed by atoms with E-state index >= 15 is 0 Å². The first-order valence-electron chi connectivity index (χ1n) is 5.47. The number of aliphatic imine (C=N–C) groups is 1. The van der Waals surface area contributed by atoms with Gasteiger partial charge in [0.2, 0.25) is 0 Å². The van der Waals surface area contributed by atoms with Crippen LogP contribution in [-0.2, 0) is 0 Å². The minimum Gasteiger partial charge on any atom is -0.287 e. The number of rotatable bonds is 3. The molecule has 0 aromatic rings. The van der Waals surface area contributed by atoms with Gasteiger partial charge in [-0.3, -0.25) is 4.99 Å². The Morgan fingerprint density at radius 1 is 1.23 bits per heavy atom. The van der Waals surface area contributed by atoms with Crippen LogP contribution in [0.15, 0.2) is 17.1 Å². The van der Waals surface area contributed by atoms with Gasteiger partial charge in [-0.15, -0.1) is 0 Å². The van der Waals surface area contributed by atoms with Crippen molar-refractivity contribution in [3.05, 3.63) is 12.2 Å². The Hall–Kier alpha value is -0.590. The molecule has 0 saturated heterocycles. The third kappa shape index (κ3) is 3.75. The lowest BCUT2D eigenvalue weighted by Gasteiger charge is -2.29. The molecule has 0 atom stereocenters. The molecular weight excluding hydrogens is 158 g/mol. The van der Waals surface area contributed by atoms with Gasteiger partial charge in [0.05, 0.1) is 5.54 Å². The molecule has 0 aromatic carbocycles. The van der Waals surface area contributed by atoms with Gasteiger partial charge in [0.25, 0.3) is 0 Å². The Labute approximate surface area is 82.0 Å². The Balaban J connectivity index is 2.40. The van der Waals surface area contributed by atoms with Crippen LogP contribution in [-0.4, -0.2) is 11.8 Å². The molecule has 0 amide bonds. The van der Waals surface area contributed by atoms with Crippen LogP contribution >= 0.6 is 0 Å². The maximum Gasteiger partial charge on any atom is 0.0580 e. The molecule has 0 aromatic heterocycles. The SMILES string of the molecule is CC/C=C\C=NC1(C)CCCCC1. The van der Waals surface area contributed by atoms with Gasteiger partial charge >= 0.3 is 0 Å². The number of hydrogen-bond acceptors (Lipinski definition) is 1. The summed E-state index contributed by atoms with van der Waals surface area (Å²) in [6.45, 7) is 4.43. The van der Waals surface area contributed by atoms with E-state index in [1.807, 2.05) is 6.21 Å². The fourth-order valence-electron chi connectivity index (χ4n) is 1.86. The van der Waals surface area contributed by atoms with Gasteiger partial charge in [0.1, 0.15) is 0 Å². The van der Waals surface area contributed by atoms with Crippen molar-refractivity contribution in [3.63, 3.8) is 0 Å². The normalized spacial score (nSPS) is 22.9. The van der Waals surface area contributed by atoms with Gasteiger partial charge < -0.3 is 0 Å². The van der Waals surface area contributed by atoms with Crippen LogP contribution in [0.2, 0.25) is 0 Å². The predicted molar refractivity (Wildman–Crippen MR) is 59.4 cm³/mol. The molecule has 0 spiro atoms. The van der Waals surface area contributed by atoms with Gasteiger partial charge in [-0.2, -0.15) is 0 Å². The zero-order valence-corrected chi connectivity index (χ0v) is 8.92. The van der Waals surface area contributed by atoms with Crippen molar-refractivity contribution in [1.82, 2.24) is 0 Å². The maximum atomic E-state index is 4.64. The van der Waals surface area contributed by atoms with E-state index in [0.717, 1.165) is 6.42 Å². The van der Waals surface area contributed by atoms with Crippen molar-refractivity contribution in [2.75, 3.05) is 0 Å². The highest BCUT2D eigenvalue weighted by Crippen LogP contribution is 2.30. The smallest absolute Gasteiger partial charge is 0.0580 e. The van der Waals surface area contributed by atoms with Crippen molar-refractivity contribution < 1.29 is 0 Å². The molecule has 13 heavy (non-hydrogen) atoms. The summed E-state index contributed by atoms with van der Waals surface area (Å²) in [5.41, 5.74) is 0.246. The lowest BCUT2D eigenvalue weighted by molar-refractivity contribution is 0.326. The zero-order valence-electron chi connectivity index (χ0n) is 8.92. The molecule has 1 heteroatoms. The molecule has 0 unspecified atom stereocenters. The maximum absolute atomic E-state index is 4.64. The van der Waals surface area contributed by atoms with Crippen molar-refractivity contribution >= 4 is 6.21 Å². The number of allylic oxidation sites excluding steroid dienone is 2. The zero-order chi connectivity index (χ0) is 9.57. The van der Waals surface area contributed by atoms with Crippen LogP contribution < -0.4 is 0 Å². The summed E-state index contributed by atoms with van der Waals surface area (Å²) < 4.78 is 0. The van der Waals surface area contributed by atoms with Crippen LogP contribution in [0.25, 0.3) is 0 Å². The van der Waals surface area contributed by atoms with Gasteiger partial charge in [0.15, 0.2) is 0 Å². The van der Waals surface area contributed by atoms with E-state index in [9.17, 15) is 0 Å². The molecular formula is C12H21N.